The fourth-order valence-corrected chi connectivity index (χ4v) is 8.00. The van der Waals surface area contributed by atoms with Gasteiger partial charge in [-0.05, 0) is 82.3 Å². The monoisotopic (exact) mass is 680 g/mol. The number of nitrogens with one attached hydrogen (secondary N) is 1. The number of sulfone groups is 1. The molecule has 260 valence electrons. The van der Waals surface area contributed by atoms with Gasteiger partial charge >= 0.3 is 5.97 Å². The first kappa shape index (κ1) is 34.2. The second kappa shape index (κ2) is 15.2. The molecule has 1 saturated carbocycles. The number of carbonyl (C=O) groups is 2. The summed E-state index contributed by atoms with van der Waals surface area (Å²) in [7, 11) is -3.02. The molecule has 2 saturated heterocycles. The minimum Gasteiger partial charge on any atom is -0.493 e. The van der Waals surface area contributed by atoms with Gasteiger partial charge in [-0.15, -0.1) is 0 Å². The topological polar surface area (TPSA) is 136 Å². The van der Waals surface area contributed by atoms with Gasteiger partial charge in [-0.1, -0.05) is 13.0 Å². The Labute approximate surface area is 283 Å². The van der Waals surface area contributed by atoms with Crippen molar-refractivity contribution >= 4 is 38.6 Å². The van der Waals surface area contributed by atoms with E-state index in [1.807, 2.05) is 46.0 Å². The van der Waals surface area contributed by atoms with Crippen LogP contribution in [0.25, 0.3) is 16.7 Å². The summed E-state index contributed by atoms with van der Waals surface area (Å²) in [4.78, 5) is 39.6. The van der Waals surface area contributed by atoms with E-state index in [9.17, 15) is 18.0 Å². The van der Waals surface area contributed by atoms with E-state index in [2.05, 4.69) is 22.1 Å². The zero-order chi connectivity index (χ0) is 33.7. The number of benzene rings is 1. The van der Waals surface area contributed by atoms with Crippen molar-refractivity contribution < 1.29 is 27.5 Å². The smallest absolute Gasteiger partial charge is 0.323 e. The number of hydrogen-bond acceptors (Lipinski definition) is 10. The van der Waals surface area contributed by atoms with Crippen molar-refractivity contribution in [3.8, 4) is 11.6 Å². The van der Waals surface area contributed by atoms with Crippen LogP contribution < -0.4 is 10.1 Å². The lowest BCUT2D eigenvalue weighted by Crippen LogP contribution is -2.46. The highest BCUT2D eigenvalue weighted by molar-refractivity contribution is 7.90. The molecule has 12 nitrogen and oxygen atoms in total. The van der Waals surface area contributed by atoms with E-state index in [0.717, 1.165) is 68.3 Å². The Balaban J connectivity index is 0.975. The van der Waals surface area contributed by atoms with Gasteiger partial charge in [-0.25, -0.2) is 13.4 Å². The molecular formula is C35H48N6O6S. The molecule has 3 fully saturated rings. The number of likely N-dealkylation sites (tertiary alicyclic amines) is 2. The number of rotatable bonds is 12. The first-order valence-corrected chi connectivity index (χ1v) is 19.5. The van der Waals surface area contributed by atoms with Crippen LogP contribution in [0.2, 0.25) is 0 Å². The maximum Gasteiger partial charge on any atom is 0.323 e. The maximum absolute atomic E-state index is 13.4. The molecule has 3 aromatic rings. The number of hydrogen-bond donors (Lipinski definition) is 1. The number of nitrogens with zero attached hydrogens (tertiary/aromatic N) is 5. The molecule has 1 aromatic carbocycles. The number of fused-ring (bicyclic) bond motifs is 1. The Bertz CT molecular complexity index is 1680. The second-order valence-corrected chi connectivity index (χ2v) is 15.6. The van der Waals surface area contributed by atoms with Crippen molar-refractivity contribution in [2.24, 2.45) is 5.92 Å². The van der Waals surface area contributed by atoms with E-state index in [4.69, 9.17) is 14.5 Å². The highest BCUT2D eigenvalue weighted by atomic mass is 32.2. The molecule has 0 bridgehead atoms. The lowest BCUT2D eigenvalue weighted by molar-refractivity contribution is -0.157. The van der Waals surface area contributed by atoms with Crippen molar-refractivity contribution in [1.82, 2.24) is 24.3 Å². The van der Waals surface area contributed by atoms with Gasteiger partial charge in [0.1, 0.15) is 33.6 Å². The fraction of sp³-hybridized carbons (Fsp3) is 0.600. The average molecular weight is 681 g/mol. The van der Waals surface area contributed by atoms with Crippen LogP contribution >= 0.6 is 0 Å². The first-order valence-electron chi connectivity index (χ1n) is 17.4. The minimum atomic E-state index is -3.02. The van der Waals surface area contributed by atoms with Crippen LogP contribution in [0.5, 0.6) is 5.75 Å². The largest absolute Gasteiger partial charge is 0.493 e. The number of ether oxygens (including phenoxy) is 2. The summed E-state index contributed by atoms with van der Waals surface area (Å²) in [6, 6.07) is 9.70. The molecule has 0 radical (unpaired) electrons. The van der Waals surface area contributed by atoms with E-state index >= 15 is 0 Å². The summed E-state index contributed by atoms with van der Waals surface area (Å²) < 4.78 is 36.7. The van der Waals surface area contributed by atoms with Crippen LogP contribution in [0, 0.1) is 5.92 Å². The molecule has 13 heteroatoms. The number of amides is 1. The highest BCUT2D eigenvalue weighted by Gasteiger charge is 2.35. The molecule has 2 aliphatic heterocycles. The first-order chi connectivity index (χ1) is 23.2. The van der Waals surface area contributed by atoms with Crippen molar-refractivity contribution in [3.05, 3.63) is 42.7 Å². The Morgan fingerprint density at radius 2 is 1.79 bits per heavy atom. The van der Waals surface area contributed by atoms with Crippen molar-refractivity contribution in [3.63, 3.8) is 0 Å². The molecule has 1 amide bonds. The zero-order valence-electron chi connectivity index (χ0n) is 28.1. The van der Waals surface area contributed by atoms with Gasteiger partial charge in [0, 0.05) is 61.9 Å². The molecule has 3 aliphatic rings. The SMILES string of the molecule is CCN1CCCC1C(=O)OC1CCN(C(=O)C2CCC(Nc3nccc(-n4ccc5c(OCCCS(C)(=O)=O)cccc54)n3)CC2)CC1. The zero-order valence-corrected chi connectivity index (χ0v) is 28.9. The fourth-order valence-electron chi connectivity index (χ4n) is 7.36. The summed E-state index contributed by atoms with van der Waals surface area (Å²) in [6.45, 7) is 5.52. The predicted octanol–water partition coefficient (Wildman–Crippen LogP) is 4.22. The van der Waals surface area contributed by atoms with Crippen LogP contribution in [0.3, 0.4) is 0 Å². The van der Waals surface area contributed by atoms with Gasteiger partial charge in [0.15, 0.2) is 0 Å². The molecule has 0 spiro atoms. The number of aromatic nitrogens is 3. The molecule has 1 unspecified atom stereocenters. The van der Waals surface area contributed by atoms with Crippen LogP contribution in [-0.4, -0.2) is 108 Å². The molecule has 6 rings (SSSR count). The average Bonchev–Trinajstić information content (AvgIpc) is 3.75. The van der Waals surface area contributed by atoms with E-state index in [1.54, 1.807) is 6.20 Å². The number of carbonyl (C=O) groups excluding carboxylic acids is 2. The van der Waals surface area contributed by atoms with Crippen LogP contribution in [0.4, 0.5) is 5.95 Å². The van der Waals surface area contributed by atoms with Gasteiger partial charge in [-0.3, -0.25) is 14.5 Å². The lowest BCUT2D eigenvalue weighted by Gasteiger charge is -2.36. The maximum atomic E-state index is 13.4. The third-order valence-electron chi connectivity index (χ3n) is 9.99. The third-order valence-corrected chi connectivity index (χ3v) is 11.0. The van der Waals surface area contributed by atoms with E-state index in [1.165, 1.54) is 6.26 Å². The third kappa shape index (κ3) is 8.28. The molecule has 4 heterocycles. The number of likely N-dealkylation sites (N-methyl/N-ethyl adjacent to an activating group) is 1. The van der Waals surface area contributed by atoms with Crippen LogP contribution in [0.15, 0.2) is 42.7 Å². The number of anilines is 1. The lowest BCUT2D eigenvalue weighted by atomic mass is 9.85. The Morgan fingerprint density at radius 1 is 1.00 bits per heavy atom. The van der Waals surface area contributed by atoms with Gasteiger partial charge in [0.05, 0.1) is 17.9 Å². The van der Waals surface area contributed by atoms with Gasteiger partial charge in [0.2, 0.25) is 11.9 Å². The molecule has 48 heavy (non-hydrogen) atoms. The van der Waals surface area contributed by atoms with Gasteiger partial charge < -0.3 is 24.3 Å². The van der Waals surface area contributed by atoms with Gasteiger partial charge in [-0.2, -0.15) is 4.98 Å². The molecule has 2 aromatic heterocycles. The van der Waals surface area contributed by atoms with Crippen LogP contribution in [0.1, 0.15) is 64.7 Å². The Hall–Kier alpha value is -3.71. The highest BCUT2D eigenvalue weighted by Crippen LogP contribution is 2.31. The van der Waals surface area contributed by atoms with E-state index in [0.29, 0.717) is 50.7 Å². The van der Waals surface area contributed by atoms with Crippen LogP contribution in [-0.2, 0) is 24.2 Å². The van der Waals surface area contributed by atoms with Crippen molar-refractivity contribution in [2.75, 3.05) is 50.1 Å². The normalized spacial score (nSPS) is 22.5. The number of esters is 1. The quantitative estimate of drug-likeness (QED) is 0.219. The van der Waals surface area contributed by atoms with Gasteiger partial charge in [0.25, 0.3) is 0 Å². The molecule has 1 N–H and O–H groups in total. The summed E-state index contributed by atoms with van der Waals surface area (Å²) in [5.74, 6) is 2.21. The molecule has 1 aliphatic carbocycles. The number of piperidine rings is 1. The minimum absolute atomic E-state index is 0.0139. The summed E-state index contributed by atoms with van der Waals surface area (Å²) in [6.07, 6.45) is 11.9. The molecular weight excluding hydrogens is 632 g/mol. The summed E-state index contributed by atoms with van der Waals surface area (Å²) in [5, 5.41) is 4.42. The Morgan fingerprint density at radius 3 is 2.54 bits per heavy atom. The second-order valence-electron chi connectivity index (χ2n) is 13.4. The predicted molar refractivity (Wildman–Crippen MR) is 184 cm³/mol. The van der Waals surface area contributed by atoms with Crippen molar-refractivity contribution in [2.45, 2.75) is 82.9 Å². The molecule has 1 atom stereocenters. The summed E-state index contributed by atoms with van der Waals surface area (Å²) in [5.41, 5.74) is 0.929. The van der Waals surface area contributed by atoms with Crippen molar-refractivity contribution in [1.29, 1.82) is 0 Å². The van der Waals surface area contributed by atoms with E-state index < -0.39 is 9.84 Å². The summed E-state index contributed by atoms with van der Waals surface area (Å²) >= 11 is 0. The van der Waals surface area contributed by atoms with E-state index in [-0.39, 0.29) is 41.7 Å². The standard InChI is InChI=1S/C35H48N6O6S/c1-3-39-19-5-8-30(39)34(43)47-27-15-20-40(21-16-27)33(42)25-10-12-26(13-11-25)37-35-36-18-14-32(38-35)41-22-17-28-29(41)7-4-9-31(28)46-23-6-24-48(2,44)45/h4,7,9,14,17-18,22,25-27,30H,3,5-6,8,10-13,15-16,19-21,23-24H2,1-2H3,(H,36,37,38). The Kier molecular flexibility index (Phi) is 10.8.